The third-order valence-electron chi connectivity index (χ3n) is 5.46. The fourth-order valence-corrected chi connectivity index (χ4v) is 5.20. The van der Waals surface area contributed by atoms with Gasteiger partial charge in [0.25, 0.3) is 5.91 Å². The molecule has 29 heavy (non-hydrogen) atoms. The molecule has 6 nitrogen and oxygen atoms in total. The number of amides is 1. The summed E-state index contributed by atoms with van der Waals surface area (Å²) in [5.74, 6) is 1.09. The van der Waals surface area contributed by atoms with E-state index in [9.17, 15) is 9.59 Å². The Morgan fingerprint density at radius 1 is 1.24 bits per heavy atom. The van der Waals surface area contributed by atoms with E-state index < -0.39 is 6.10 Å². The highest BCUT2D eigenvalue weighted by atomic mass is 32.1. The molecule has 1 aromatic carbocycles. The van der Waals surface area contributed by atoms with Gasteiger partial charge in [-0.05, 0) is 49.8 Å². The van der Waals surface area contributed by atoms with Gasteiger partial charge >= 0.3 is 5.97 Å². The summed E-state index contributed by atoms with van der Waals surface area (Å²) in [5.41, 5.74) is 1.53. The monoisotopic (exact) mass is 415 g/mol. The molecule has 2 aromatic rings. The van der Waals surface area contributed by atoms with Crippen LogP contribution >= 0.6 is 11.3 Å². The van der Waals surface area contributed by atoms with E-state index in [0.717, 1.165) is 31.2 Å². The molecule has 1 amide bonds. The summed E-state index contributed by atoms with van der Waals surface area (Å²) in [6.07, 6.45) is 3.17. The smallest absolute Gasteiger partial charge is 0.341 e. The highest BCUT2D eigenvalue weighted by molar-refractivity contribution is 7.17. The topological polar surface area (TPSA) is 73.9 Å². The van der Waals surface area contributed by atoms with Crippen molar-refractivity contribution in [2.75, 3.05) is 18.5 Å². The molecule has 2 aliphatic rings. The lowest BCUT2D eigenvalue weighted by Gasteiger charge is -2.25. The number of fused-ring (bicyclic) bond motifs is 2. The van der Waals surface area contributed by atoms with Gasteiger partial charge in [-0.1, -0.05) is 25.5 Å². The number of carbonyl (C=O) groups excluding carboxylic acids is 2. The Labute approximate surface area is 174 Å². The number of anilines is 1. The maximum Gasteiger partial charge on any atom is 0.341 e. The number of ether oxygens (including phenoxy) is 3. The van der Waals surface area contributed by atoms with Gasteiger partial charge in [0.2, 0.25) is 6.10 Å². The van der Waals surface area contributed by atoms with E-state index in [1.807, 2.05) is 12.1 Å². The van der Waals surface area contributed by atoms with E-state index in [-0.39, 0.29) is 18.5 Å². The number of benzene rings is 1. The van der Waals surface area contributed by atoms with E-state index in [1.165, 1.54) is 16.2 Å². The van der Waals surface area contributed by atoms with Crippen LogP contribution in [-0.2, 0) is 22.4 Å². The number of thiophene rings is 1. The first-order chi connectivity index (χ1) is 14.1. The molecule has 0 saturated heterocycles. The Kier molecular flexibility index (Phi) is 5.76. The van der Waals surface area contributed by atoms with Crippen LogP contribution in [0.4, 0.5) is 5.00 Å². The van der Waals surface area contributed by atoms with Gasteiger partial charge in [0.15, 0.2) is 11.5 Å². The SMILES string of the molecule is CCOC(=O)c1c(NC(=O)[C@H]2COc3ccccc3O2)sc2c1CC[C@H](CC)C2. The van der Waals surface area contributed by atoms with Crippen molar-refractivity contribution in [1.29, 1.82) is 0 Å². The fraction of sp³-hybridized carbons (Fsp3) is 0.455. The molecule has 0 fully saturated rings. The molecule has 0 radical (unpaired) electrons. The predicted octanol–water partition coefficient (Wildman–Crippen LogP) is 4.22. The van der Waals surface area contributed by atoms with Crippen molar-refractivity contribution in [2.45, 2.75) is 45.6 Å². The molecule has 2 heterocycles. The zero-order valence-electron chi connectivity index (χ0n) is 16.7. The summed E-state index contributed by atoms with van der Waals surface area (Å²) < 4.78 is 16.7. The molecular formula is C22H25NO5S. The molecule has 0 saturated carbocycles. The van der Waals surface area contributed by atoms with Crippen molar-refractivity contribution in [3.05, 3.63) is 40.3 Å². The normalized spacial score (nSPS) is 19.9. The van der Waals surface area contributed by atoms with E-state index >= 15 is 0 Å². The van der Waals surface area contributed by atoms with Crippen molar-refractivity contribution < 1.29 is 23.8 Å². The van der Waals surface area contributed by atoms with Gasteiger partial charge in [-0.25, -0.2) is 4.79 Å². The Hall–Kier alpha value is -2.54. The van der Waals surface area contributed by atoms with Crippen LogP contribution in [0.3, 0.4) is 0 Å². The van der Waals surface area contributed by atoms with Gasteiger partial charge in [-0.2, -0.15) is 0 Å². The molecule has 7 heteroatoms. The zero-order chi connectivity index (χ0) is 20.4. The highest BCUT2D eigenvalue weighted by Crippen LogP contribution is 2.41. The van der Waals surface area contributed by atoms with Crippen LogP contribution < -0.4 is 14.8 Å². The van der Waals surface area contributed by atoms with E-state index in [4.69, 9.17) is 14.2 Å². The molecule has 1 N–H and O–H groups in total. The zero-order valence-corrected chi connectivity index (χ0v) is 17.5. The lowest BCUT2D eigenvalue weighted by Crippen LogP contribution is -2.40. The Morgan fingerprint density at radius 2 is 2.03 bits per heavy atom. The number of rotatable bonds is 5. The van der Waals surface area contributed by atoms with Crippen molar-refractivity contribution in [3.63, 3.8) is 0 Å². The molecule has 0 spiro atoms. The molecule has 4 rings (SSSR count). The van der Waals surface area contributed by atoms with Crippen LogP contribution in [0.15, 0.2) is 24.3 Å². The number of carbonyl (C=O) groups is 2. The number of nitrogens with one attached hydrogen (secondary N) is 1. The van der Waals surface area contributed by atoms with Gasteiger partial charge in [0.1, 0.15) is 11.6 Å². The molecule has 1 aliphatic heterocycles. The Morgan fingerprint density at radius 3 is 2.79 bits per heavy atom. The highest BCUT2D eigenvalue weighted by Gasteiger charge is 2.33. The van der Waals surface area contributed by atoms with E-state index in [0.29, 0.717) is 34.6 Å². The first kappa shape index (κ1) is 19.8. The third-order valence-corrected chi connectivity index (χ3v) is 6.63. The van der Waals surface area contributed by atoms with Crippen molar-refractivity contribution in [1.82, 2.24) is 0 Å². The lowest BCUT2D eigenvalue weighted by atomic mass is 9.85. The minimum atomic E-state index is -0.775. The molecular weight excluding hydrogens is 390 g/mol. The second kappa shape index (κ2) is 8.45. The van der Waals surface area contributed by atoms with Gasteiger partial charge < -0.3 is 19.5 Å². The molecule has 1 aromatic heterocycles. The quantitative estimate of drug-likeness (QED) is 0.740. The summed E-state index contributed by atoms with van der Waals surface area (Å²) in [6, 6.07) is 7.26. The minimum Gasteiger partial charge on any atom is -0.485 e. The maximum absolute atomic E-state index is 12.9. The standard InChI is InChI=1S/C22H25NO5S/c1-3-13-9-10-14-18(11-13)29-21(19(14)22(25)26-4-2)23-20(24)17-12-27-15-7-5-6-8-16(15)28-17/h5-8,13,17H,3-4,9-12H2,1-2H3,(H,23,24)/t13-,17+/m0/s1. The molecule has 1 aliphatic carbocycles. The summed E-state index contributed by atoms with van der Waals surface area (Å²) in [4.78, 5) is 26.7. The van der Waals surface area contributed by atoms with E-state index in [1.54, 1.807) is 19.1 Å². The second-order valence-corrected chi connectivity index (χ2v) is 8.40. The van der Waals surface area contributed by atoms with Gasteiger partial charge in [0, 0.05) is 4.88 Å². The summed E-state index contributed by atoms with van der Waals surface area (Å²) in [7, 11) is 0. The van der Waals surface area contributed by atoms with Crippen molar-refractivity contribution in [3.8, 4) is 11.5 Å². The maximum atomic E-state index is 12.9. The number of para-hydroxylation sites is 2. The second-order valence-electron chi connectivity index (χ2n) is 7.30. The predicted molar refractivity (Wildman–Crippen MR) is 111 cm³/mol. The first-order valence-corrected chi connectivity index (χ1v) is 10.9. The summed E-state index contributed by atoms with van der Waals surface area (Å²) in [6.45, 7) is 4.40. The Balaban J connectivity index is 1.57. The van der Waals surface area contributed by atoms with Crippen LogP contribution in [0, 0.1) is 5.92 Å². The van der Waals surface area contributed by atoms with Crippen LogP contribution in [0.5, 0.6) is 11.5 Å². The summed E-state index contributed by atoms with van der Waals surface area (Å²) >= 11 is 1.48. The summed E-state index contributed by atoms with van der Waals surface area (Å²) in [5, 5.41) is 3.47. The molecule has 154 valence electrons. The molecule has 0 bridgehead atoms. The number of hydrogen-bond acceptors (Lipinski definition) is 6. The first-order valence-electron chi connectivity index (χ1n) is 10.1. The van der Waals surface area contributed by atoms with Gasteiger partial charge in [0.05, 0.1) is 12.2 Å². The van der Waals surface area contributed by atoms with Crippen LogP contribution in [-0.4, -0.2) is 31.2 Å². The minimum absolute atomic E-state index is 0.126. The van der Waals surface area contributed by atoms with Crippen LogP contribution in [0.2, 0.25) is 0 Å². The third kappa shape index (κ3) is 3.96. The van der Waals surface area contributed by atoms with Crippen LogP contribution in [0.25, 0.3) is 0 Å². The van der Waals surface area contributed by atoms with Crippen molar-refractivity contribution in [2.24, 2.45) is 5.92 Å². The van der Waals surface area contributed by atoms with E-state index in [2.05, 4.69) is 12.2 Å². The van der Waals surface area contributed by atoms with Gasteiger partial charge in [-0.3, -0.25) is 4.79 Å². The largest absolute Gasteiger partial charge is 0.485 e. The average molecular weight is 416 g/mol. The number of hydrogen-bond donors (Lipinski definition) is 1. The lowest BCUT2D eigenvalue weighted by molar-refractivity contribution is -0.125. The van der Waals surface area contributed by atoms with Crippen LogP contribution in [0.1, 0.15) is 47.5 Å². The van der Waals surface area contributed by atoms with Gasteiger partial charge in [-0.15, -0.1) is 11.3 Å². The van der Waals surface area contributed by atoms with Crippen molar-refractivity contribution >= 4 is 28.2 Å². The molecule has 0 unspecified atom stereocenters. The average Bonchev–Trinajstić information content (AvgIpc) is 3.10. The molecule has 2 atom stereocenters. The fourth-order valence-electron chi connectivity index (χ4n) is 3.85. The number of esters is 1. The Bertz CT molecular complexity index is 922.